The number of piperidine rings is 1. The molecule has 0 unspecified atom stereocenters. The van der Waals surface area contributed by atoms with Gasteiger partial charge in [0, 0.05) is 18.3 Å². The Labute approximate surface area is 105 Å². The van der Waals surface area contributed by atoms with Crippen LogP contribution >= 0.6 is 0 Å². The predicted octanol–water partition coefficient (Wildman–Crippen LogP) is 3.49. The van der Waals surface area contributed by atoms with Gasteiger partial charge in [0.2, 0.25) is 0 Å². The van der Waals surface area contributed by atoms with Crippen LogP contribution in [-0.4, -0.2) is 24.0 Å². The maximum atomic E-state index is 3.42. The minimum Gasteiger partial charge on any atom is -0.383 e. The van der Waals surface area contributed by atoms with Crippen LogP contribution in [0.25, 0.3) is 0 Å². The van der Waals surface area contributed by atoms with Crippen molar-refractivity contribution in [2.75, 3.05) is 18.4 Å². The normalized spacial score (nSPS) is 17.4. The van der Waals surface area contributed by atoms with Crippen LogP contribution in [0, 0.1) is 0 Å². The van der Waals surface area contributed by atoms with E-state index in [4.69, 9.17) is 0 Å². The van der Waals surface area contributed by atoms with Crippen LogP contribution < -0.4 is 5.32 Å². The topological polar surface area (TPSA) is 15.3 Å². The summed E-state index contributed by atoms with van der Waals surface area (Å²) in [4.78, 5) is 2.56. The molecule has 0 spiro atoms. The molecule has 2 nitrogen and oxygen atoms in total. The van der Waals surface area contributed by atoms with E-state index in [-0.39, 0.29) is 0 Å². The molecule has 2 rings (SSSR count). The van der Waals surface area contributed by atoms with Gasteiger partial charge >= 0.3 is 0 Å². The molecule has 1 aliphatic heterocycles. The Morgan fingerprint density at radius 3 is 2.29 bits per heavy atom. The Morgan fingerprint density at radius 2 is 1.71 bits per heavy atom. The molecule has 1 saturated heterocycles. The van der Waals surface area contributed by atoms with E-state index in [0.29, 0.717) is 6.04 Å². The molecule has 0 bridgehead atoms. The second-order valence-corrected chi connectivity index (χ2v) is 5.33. The van der Waals surface area contributed by atoms with E-state index in [1.54, 1.807) is 0 Å². The van der Waals surface area contributed by atoms with Gasteiger partial charge in [0.1, 0.15) is 0 Å². The fourth-order valence-electron chi connectivity index (χ4n) is 2.42. The summed E-state index contributed by atoms with van der Waals surface area (Å²) < 4.78 is 0. The Morgan fingerprint density at radius 1 is 1.06 bits per heavy atom. The Bertz CT molecular complexity index is 323. The number of anilines is 1. The maximum absolute atomic E-state index is 3.42. The van der Waals surface area contributed by atoms with E-state index in [9.17, 15) is 0 Å². The van der Waals surface area contributed by atoms with Crippen molar-refractivity contribution in [1.82, 2.24) is 4.90 Å². The Kier molecular flexibility index (Phi) is 4.43. The summed E-state index contributed by atoms with van der Waals surface area (Å²) in [6.07, 6.45) is 4.15. The van der Waals surface area contributed by atoms with Gasteiger partial charge < -0.3 is 5.32 Å². The highest BCUT2D eigenvalue weighted by atomic mass is 15.1. The van der Waals surface area contributed by atoms with Crippen LogP contribution in [-0.2, 0) is 6.54 Å². The minimum atomic E-state index is 0.503. The molecule has 1 aliphatic rings. The summed E-state index contributed by atoms with van der Waals surface area (Å²) in [5.41, 5.74) is 2.66. The Balaban J connectivity index is 1.88. The molecule has 1 aromatic rings. The van der Waals surface area contributed by atoms with E-state index >= 15 is 0 Å². The lowest BCUT2D eigenvalue weighted by molar-refractivity contribution is 0.221. The molecule has 1 N–H and O–H groups in total. The van der Waals surface area contributed by atoms with Crippen LogP contribution in [0.1, 0.15) is 38.7 Å². The zero-order chi connectivity index (χ0) is 12.1. The number of likely N-dealkylation sites (tertiary alicyclic amines) is 1. The van der Waals surface area contributed by atoms with Crippen molar-refractivity contribution in [2.45, 2.75) is 45.7 Å². The molecular formula is C15H24N2. The summed E-state index contributed by atoms with van der Waals surface area (Å²) in [6, 6.07) is 9.39. The molecule has 1 heterocycles. The lowest BCUT2D eigenvalue weighted by Crippen LogP contribution is -2.29. The zero-order valence-electron chi connectivity index (χ0n) is 11.1. The molecule has 94 valence electrons. The van der Waals surface area contributed by atoms with Gasteiger partial charge in [0.15, 0.2) is 0 Å². The van der Waals surface area contributed by atoms with Crippen LogP contribution in [0.15, 0.2) is 24.3 Å². The van der Waals surface area contributed by atoms with Crippen LogP contribution in [0.4, 0.5) is 5.69 Å². The van der Waals surface area contributed by atoms with Gasteiger partial charge in [-0.25, -0.2) is 0 Å². The molecular weight excluding hydrogens is 208 g/mol. The lowest BCUT2D eigenvalue weighted by atomic mass is 10.1. The number of nitrogens with zero attached hydrogens (tertiary/aromatic N) is 1. The molecule has 0 aromatic heterocycles. The summed E-state index contributed by atoms with van der Waals surface area (Å²) in [6.45, 7) is 7.99. The third-order valence-electron chi connectivity index (χ3n) is 3.26. The molecule has 0 saturated carbocycles. The first-order valence-corrected chi connectivity index (χ1v) is 6.82. The molecule has 1 aromatic carbocycles. The van der Waals surface area contributed by atoms with Gasteiger partial charge in [-0.05, 0) is 57.5 Å². The van der Waals surface area contributed by atoms with Crippen molar-refractivity contribution in [3.8, 4) is 0 Å². The summed E-state index contributed by atoms with van der Waals surface area (Å²) >= 11 is 0. The van der Waals surface area contributed by atoms with Crippen molar-refractivity contribution in [1.29, 1.82) is 0 Å². The molecule has 0 amide bonds. The highest BCUT2D eigenvalue weighted by molar-refractivity contribution is 5.45. The molecule has 2 heteroatoms. The molecule has 1 fully saturated rings. The van der Waals surface area contributed by atoms with Crippen molar-refractivity contribution < 1.29 is 0 Å². The first-order chi connectivity index (χ1) is 8.24. The van der Waals surface area contributed by atoms with Gasteiger partial charge in [-0.3, -0.25) is 4.90 Å². The standard InChI is InChI=1S/C15H24N2/c1-13(2)16-15-8-6-14(7-9-15)12-17-10-4-3-5-11-17/h6-9,13,16H,3-5,10-12H2,1-2H3. The zero-order valence-corrected chi connectivity index (χ0v) is 11.1. The maximum Gasteiger partial charge on any atom is 0.0342 e. The minimum absolute atomic E-state index is 0.503. The van der Waals surface area contributed by atoms with E-state index in [1.807, 2.05) is 0 Å². The quantitative estimate of drug-likeness (QED) is 0.855. The van der Waals surface area contributed by atoms with Gasteiger partial charge in [-0.1, -0.05) is 18.6 Å². The monoisotopic (exact) mass is 232 g/mol. The third-order valence-corrected chi connectivity index (χ3v) is 3.26. The SMILES string of the molecule is CC(C)Nc1ccc(CN2CCCCC2)cc1. The molecule has 0 radical (unpaired) electrons. The van der Waals surface area contributed by atoms with Crippen molar-refractivity contribution in [2.24, 2.45) is 0 Å². The average Bonchev–Trinajstić information content (AvgIpc) is 2.32. The van der Waals surface area contributed by atoms with Crippen molar-refractivity contribution >= 4 is 5.69 Å². The highest BCUT2D eigenvalue weighted by Crippen LogP contribution is 2.15. The largest absolute Gasteiger partial charge is 0.383 e. The van der Waals surface area contributed by atoms with E-state index in [1.165, 1.54) is 43.6 Å². The summed E-state index contributed by atoms with van der Waals surface area (Å²) in [5.74, 6) is 0. The van der Waals surface area contributed by atoms with E-state index in [0.717, 1.165) is 6.54 Å². The van der Waals surface area contributed by atoms with E-state index in [2.05, 4.69) is 48.3 Å². The number of nitrogens with one attached hydrogen (secondary N) is 1. The van der Waals surface area contributed by atoms with Crippen LogP contribution in [0.5, 0.6) is 0 Å². The molecule has 0 aliphatic carbocycles. The third kappa shape index (κ3) is 4.04. The molecule has 0 atom stereocenters. The number of hydrogen-bond acceptors (Lipinski definition) is 2. The van der Waals surface area contributed by atoms with Gasteiger partial charge in [-0.2, -0.15) is 0 Å². The fraction of sp³-hybridized carbons (Fsp3) is 0.600. The van der Waals surface area contributed by atoms with Crippen molar-refractivity contribution in [3.05, 3.63) is 29.8 Å². The number of rotatable bonds is 4. The number of benzene rings is 1. The second kappa shape index (κ2) is 6.06. The van der Waals surface area contributed by atoms with Gasteiger partial charge in [0.25, 0.3) is 0 Å². The molecule has 17 heavy (non-hydrogen) atoms. The van der Waals surface area contributed by atoms with E-state index < -0.39 is 0 Å². The average molecular weight is 232 g/mol. The number of hydrogen-bond donors (Lipinski definition) is 1. The second-order valence-electron chi connectivity index (χ2n) is 5.33. The van der Waals surface area contributed by atoms with Crippen LogP contribution in [0.3, 0.4) is 0 Å². The van der Waals surface area contributed by atoms with Gasteiger partial charge in [0.05, 0.1) is 0 Å². The first-order valence-electron chi connectivity index (χ1n) is 6.82. The van der Waals surface area contributed by atoms with Gasteiger partial charge in [-0.15, -0.1) is 0 Å². The summed E-state index contributed by atoms with van der Waals surface area (Å²) in [5, 5.41) is 3.42. The first kappa shape index (κ1) is 12.4. The fourth-order valence-corrected chi connectivity index (χ4v) is 2.42. The predicted molar refractivity (Wildman–Crippen MR) is 74.3 cm³/mol. The lowest BCUT2D eigenvalue weighted by Gasteiger charge is -2.26. The summed E-state index contributed by atoms with van der Waals surface area (Å²) in [7, 11) is 0. The highest BCUT2D eigenvalue weighted by Gasteiger charge is 2.10. The van der Waals surface area contributed by atoms with Crippen LogP contribution in [0.2, 0.25) is 0 Å². The smallest absolute Gasteiger partial charge is 0.0342 e. The van der Waals surface area contributed by atoms with Crippen molar-refractivity contribution in [3.63, 3.8) is 0 Å². The Hall–Kier alpha value is -1.02.